The highest BCUT2D eigenvalue weighted by molar-refractivity contribution is 5.92. The van der Waals surface area contributed by atoms with E-state index in [4.69, 9.17) is 0 Å². The highest BCUT2D eigenvalue weighted by Gasteiger charge is 2.24. The number of carbonyl (C=O) groups is 2. The molecule has 1 fully saturated rings. The Bertz CT molecular complexity index is 603. The van der Waals surface area contributed by atoms with E-state index in [-0.39, 0.29) is 23.1 Å². The normalized spacial score (nSPS) is 15.0. The Labute approximate surface area is 129 Å². The third-order valence-electron chi connectivity index (χ3n) is 3.82. The molecular formula is C15H22N4O3. The van der Waals surface area contributed by atoms with Crippen LogP contribution in [0.5, 0.6) is 0 Å². The predicted octanol–water partition coefficient (Wildman–Crippen LogP) is 0.348. The predicted molar refractivity (Wildman–Crippen MR) is 81.6 cm³/mol. The molecule has 1 aliphatic heterocycles. The highest BCUT2D eigenvalue weighted by atomic mass is 16.2. The zero-order valence-corrected chi connectivity index (χ0v) is 13.1. The zero-order chi connectivity index (χ0) is 16.1. The van der Waals surface area contributed by atoms with E-state index < -0.39 is 0 Å². The molecule has 2 rings (SSSR count). The second-order valence-corrected chi connectivity index (χ2v) is 5.43. The third kappa shape index (κ3) is 3.72. The van der Waals surface area contributed by atoms with E-state index in [2.05, 4.69) is 5.10 Å². The van der Waals surface area contributed by atoms with Crippen LogP contribution in [0.1, 0.15) is 37.2 Å². The van der Waals surface area contributed by atoms with Crippen molar-refractivity contribution in [2.45, 2.75) is 33.2 Å². The topological polar surface area (TPSA) is 75.5 Å². The maximum absolute atomic E-state index is 12.5. The lowest BCUT2D eigenvalue weighted by Gasteiger charge is -2.34. The molecule has 0 spiro atoms. The van der Waals surface area contributed by atoms with Gasteiger partial charge in [0.1, 0.15) is 5.69 Å². The van der Waals surface area contributed by atoms with Crippen LogP contribution in [0.25, 0.3) is 0 Å². The van der Waals surface area contributed by atoms with E-state index in [9.17, 15) is 14.4 Å². The van der Waals surface area contributed by atoms with Crippen molar-refractivity contribution in [3.05, 3.63) is 28.2 Å². The minimum atomic E-state index is -0.189. The molecule has 0 radical (unpaired) electrons. The van der Waals surface area contributed by atoms with Crippen molar-refractivity contribution in [2.24, 2.45) is 0 Å². The Hall–Kier alpha value is -2.18. The Kier molecular flexibility index (Phi) is 5.30. The number of piperazine rings is 1. The molecule has 0 bridgehead atoms. The number of nitrogens with zero attached hydrogens (tertiary/aromatic N) is 4. The van der Waals surface area contributed by atoms with Crippen LogP contribution >= 0.6 is 0 Å². The first-order valence-electron chi connectivity index (χ1n) is 7.66. The number of hydrogen-bond acceptors (Lipinski definition) is 4. The summed E-state index contributed by atoms with van der Waals surface area (Å²) in [4.78, 5) is 38.9. The molecule has 7 nitrogen and oxygen atoms in total. The molecule has 120 valence electrons. The van der Waals surface area contributed by atoms with E-state index in [1.54, 1.807) is 9.80 Å². The Morgan fingerprint density at radius 2 is 1.77 bits per heavy atom. The van der Waals surface area contributed by atoms with Crippen molar-refractivity contribution in [1.82, 2.24) is 19.6 Å². The van der Waals surface area contributed by atoms with Gasteiger partial charge < -0.3 is 9.80 Å². The van der Waals surface area contributed by atoms with Crippen LogP contribution in [0, 0.1) is 0 Å². The number of aromatic nitrogens is 2. The van der Waals surface area contributed by atoms with Gasteiger partial charge in [-0.05, 0) is 12.5 Å². The van der Waals surface area contributed by atoms with Crippen LogP contribution in [0.2, 0.25) is 0 Å². The summed E-state index contributed by atoms with van der Waals surface area (Å²) >= 11 is 0. The van der Waals surface area contributed by atoms with Crippen molar-refractivity contribution in [1.29, 1.82) is 0 Å². The molecular weight excluding hydrogens is 284 g/mol. The number of aryl methyl sites for hydroxylation is 1. The summed E-state index contributed by atoms with van der Waals surface area (Å²) < 4.78 is 1.35. The standard InChI is InChI=1S/C15H22N4O3/c1-3-4-7-19-14(21)6-5-13(16-19)15(22)18-10-8-17(9-11-18)12(2)20/h5-6H,3-4,7-11H2,1-2H3. The summed E-state index contributed by atoms with van der Waals surface area (Å²) in [6.07, 6.45) is 1.81. The molecule has 2 heterocycles. The van der Waals surface area contributed by atoms with Gasteiger partial charge in [-0.15, -0.1) is 0 Å². The maximum Gasteiger partial charge on any atom is 0.274 e. The smallest absolute Gasteiger partial charge is 0.274 e. The fourth-order valence-electron chi connectivity index (χ4n) is 2.42. The van der Waals surface area contributed by atoms with Gasteiger partial charge in [0.15, 0.2) is 0 Å². The number of unbranched alkanes of at least 4 members (excludes halogenated alkanes) is 1. The number of carbonyl (C=O) groups excluding carboxylic acids is 2. The van der Waals surface area contributed by atoms with Crippen molar-refractivity contribution in [3.63, 3.8) is 0 Å². The molecule has 0 N–H and O–H groups in total. The van der Waals surface area contributed by atoms with E-state index in [1.165, 1.54) is 23.7 Å². The van der Waals surface area contributed by atoms with Crippen LogP contribution < -0.4 is 5.56 Å². The highest BCUT2D eigenvalue weighted by Crippen LogP contribution is 2.06. The molecule has 0 aromatic carbocycles. The van der Waals surface area contributed by atoms with Gasteiger partial charge in [0, 0.05) is 45.7 Å². The molecule has 22 heavy (non-hydrogen) atoms. The molecule has 1 aromatic rings. The average Bonchev–Trinajstić information content (AvgIpc) is 2.53. The van der Waals surface area contributed by atoms with Gasteiger partial charge in [-0.2, -0.15) is 5.10 Å². The third-order valence-corrected chi connectivity index (χ3v) is 3.82. The van der Waals surface area contributed by atoms with Gasteiger partial charge in [0.05, 0.1) is 0 Å². The van der Waals surface area contributed by atoms with Crippen molar-refractivity contribution in [3.8, 4) is 0 Å². The molecule has 1 aromatic heterocycles. The van der Waals surface area contributed by atoms with Crippen LogP contribution in [-0.2, 0) is 11.3 Å². The lowest BCUT2D eigenvalue weighted by molar-refractivity contribution is -0.130. The molecule has 0 atom stereocenters. The molecule has 1 saturated heterocycles. The maximum atomic E-state index is 12.5. The van der Waals surface area contributed by atoms with Crippen LogP contribution in [-0.4, -0.2) is 57.6 Å². The van der Waals surface area contributed by atoms with E-state index >= 15 is 0 Å². The number of rotatable bonds is 4. The number of hydrogen-bond donors (Lipinski definition) is 0. The minimum Gasteiger partial charge on any atom is -0.339 e. The van der Waals surface area contributed by atoms with Gasteiger partial charge in [-0.1, -0.05) is 13.3 Å². The molecule has 7 heteroatoms. The quantitative estimate of drug-likeness (QED) is 0.804. The lowest BCUT2D eigenvalue weighted by Crippen LogP contribution is -2.50. The Balaban J connectivity index is 2.07. The van der Waals surface area contributed by atoms with Gasteiger partial charge >= 0.3 is 0 Å². The van der Waals surface area contributed by atoms with Crippen LogP contribution in [0.4, 0.5) is 0 Å². The summed E-state index contributed by atoms with van der Waals surface area (Å²) in [7, 11) is 0. The lowest BCUT2D eigenvalue weighted by atomic mass is 10.2. The van der Waals surface area contributed by atoms with Crippen molar-refractivity contribution < 1.29 is 9.59 Å². The summed E-state index contributed by atoms with van der Waals surface area (Å²) in [6.45, 7) is 6.15. The first kappa shape index (κ1) is 16.2. The largest absolute Gasteiger partial charge is 0.339 e. The number of amides is 2. The fraction of sp³-hybridized carbons (Fsp3) is 0.600. The van der Waals surface area contributed by atoms with E-state index in [0.29, 0.717) is 32.7 Å². The van der Waals surface area contributed by atoms with Crippen molar-refractivity contribution >= 4 is 11.8 Å². The first-order chi connectivity index (χ1) is 10.5. The van der Waals surface area contributed by atoms with Gasteiger partial charge in [0.25, 0.3) is 11.5 Å². The van der Waals surface area contributed by atoms with E-state index in [0.717, 1.165) is 12.8 Å². The summed E-state index contributed by atoms with van der Waals surface area (Å²) in [6, 6.07) is 2.87. The average molecular weight is 306 g/mol. The molecule has 0 aliphatic carbocycles. The van der Waals surface area contributed by atoms with Gasteiger partial charge in [-0.3, -0.25) is 14.4 Å². The fourth-order valence-corrected chi connectivity index (χ4v) is 2.42. The molecule has 2 amide bonds. The summed E-state index contributed by atoms with van der Waals surface area (Å²) in [5.74, 6) is -0.160. The zero-order valence-electron chi connectivity index (χ0n) is 13.1. The molecule has 0 unspecified atom stereocenters. The molecule has 1 aliphatic rings. The second kappa shape index (κ2) is 7.20. The monoisotopic (exact) mass is 306 g/mol. The van der Waals surface area contributed by atoms with E-state index in [1.807, 2.05) is 6.92 Å². The molecule has 0 saturated carbocycles. The summed E-state index contributed by atoms with van der Waals surface area (Å²) in [5.41, 5.74) is 0.0957. The second-order valence-electron chi connectivity index (χ2n) is 5.43. The Morgan fingerprint density at radius 3 is 2.36 bits per heavy atom. The minimum absolute atomic E-state index is 0.0262. The van der Waals surface area contributed by atoms with Crippen LogP contribution in [0.3, 0.4) is 0 Å². The Morgan fingerprint density at radius 1 is 1.14 bits per heavy atom. The van der Waals surface area contributed by atoms with Crippen LogP contribution in [0.15, 0.2) is 16.9 Å². The SMILES string of the molecule is CCCCn1nc(C(=O)N2CCN(C(C)=O)CC2)ccc1=O. The van der Waals surface area contributed by atoms with Crippen molar-refractivity contribution in [2.75, 3.05) is 26.2 Å². The van der Waals surface area contributed by atoms with Gasteiger partial charge in [0.2, 0.25) is 5.91 Å². The first-order valence-corrected chi connectivity index (χ1v) is 7.66. The van der Waals surface area contributed by atoms with Gasteiger partial charge in [-0.25, -0.2) is 4.68 Å². The summed E-state index contributed by atoms with van der Waals surface area (Å²) in [5, 5.41) is 4.17.